The molecule has 0 fully saturated rings. The minimum absolute atomic E-state index is 0.137. The van der Waals surface area contributed by atoms with Crippen LogP contribution >= 0.6 is 22.7 Å². The Balaban J connectivity index is 1.42. The SMILES string of the molecule is Cc1csc2ccc(C(=O)Nc3nc(-c4c[nH]c5ccccc45)cs3)cc12. The maximum Gasteiger partial charge on any atom is 0.257 e. The van der Waals surface area contributed by atoms with Crippen LogP contribution in [0.15, 0.2) is 59.4 Å². The van der Waals surface area contributed by atoms with Gasteiger partial charge in [0, 0.05) is 38.3 Å². The van der Waals surface area contributed by atoms with Crippen LogP contribution in [-0.4, -0.2) is 15.9 Å². The average molecular weight is 390 g/mol. The number of H-pyrrole nitrogens is 1. The summed E-state index contributed by atoms with van der Waals surface area (Å²) in [6.45, 7) is 2.06. The summed E-state index contributed by atoms with van der Waals surface area (Å²) in [5, 5.41) is 9.86. The van der Waals surface area contributed by atoms with Gasteiger partial charge in [-0.1, -0.05) is 18.2 Å². The molecule has 132 valence electrons. The van der Waals surface area contributed by atoms with Crippen molar-refractivity contribution in [3.63, 3.8) is 0 Å². The van der Waals surface area contributed by atoms with E-state index in [2.05, 4.69) is 33.7 Å². The van der Waals surface area contributed by atoms with Crippen LogP contribution in [0.2, 0.25) is 0 Å². The summed E-state index contributed by atoms with van der Waals surface area (Å²) in [7, 11) is 0. The molecular weight excluding hydrogens is 374 g/mol. The lowest BCUT2D eigenvalue weighted by molar-refractivity contribution is 0.102. The fourth-order valence-electron chi connectivity index (χ4n) is 3.21. The molecule has 4 nitrogen and oxygen atoms in total. The number of fused-ring (bicyclic) bond motifs is 2. The number of nitrogens with zero attached hydrogens (tertiary/aromatic N) is 1. The fourth-order valence-corrected chi connectivity index (χ4v) is 4.83. The third kappa shape index (κ3) is 2.83. The van der Waals surface area contributed by atoms with E-state index in [4.69, 9.17) is 0 Å². The maximum atomic E-state index is 12.7. The normalized spacial score (nSPS) is 11.3. The van der Waals surface area contributed by atoms with E-state index in [0.29, 0.717) is 10.7 Å². The van der Waals surface area contributed by atoms with E-state index in [1.807, 2.05) is 48.0 Å². The van der Waals surface area contributed by atoms with E-state index < -0.39 is 0 Å². The first-order chi connectivity index (χ1) is 13.2. The number of carbonyl (C=O) groups excluding carboxylic acids is 1. The van der Waals surface area contributed by atoms with Crippen LogP contribution in [0.5, 0.6) is 0 Å². The number of thiophene rings is 1. The molecule has 3 aromatic heterocycles. The van der Waals surface area contributed by atoms with Crippen LogP contribution in [-0.2, 0) is 0 Å². The van der Waals surface area contributed by atoms with Gasteiger partial charge >= 0.3 is 0 Å². The molecule has 27 heavy (non-hydrogen) atoms. The standard InChI is InChI=1S/C21H15N3OS2/c1-12-10-26-19-7-6-13(8-15(12)19)20(25)24-21-23-18(11-27-21)16-9-22-17-5-3-2-4-14(16)17/h2-11,22H,1H3,(H,23,24,25). The largest absolute Gasteiger partial charge is 0.360 e. The first-order valence-corrected chi connectivity index (χ1v) is 10.3. The van der Waals surface area contributed by atoms with Gasteiger partial charge in [0.15, 0.2) is 5.13 Å². The predicted octanol–water partition coefficient (Wildman–Crippen LogP) is 6.07. The second-order valence-electron chi connectivity index (χ2n) is 6.37. The third-order valence-electron chi connectivity index (χ3n) is 4.62. The highest BCUT2D eigenvalue weighted by Crippen LogP contribution is 2.31. The molecule has 0 saturated carbocycles. The molecule has 0 radical (unpaired) electrons. The number of rotatable bonds is 3. The highest BCUT2D eigenvalue weighted by atomic mass is 32.1. The smallest absolute Gasteiger partial charge is 0.257 e. The molecule has 0 bridgehead atoms. The molecule has 0 spiro atoms. The van der Waals surface area contributed by atoms with Crippen molar-refractivity contribution in [3.8, 4) is 11.3 Å². The minimum atomic E-state index is -0.137. The van der Waals surface area contributed by atoms with Crippen molar-refractivity contribution in [2.24, 2.45) is 0 Å². The van der Waals surface area contributed by atoms with Crippen LogP contribution in [0.1, 0.15) is 15.9 Å². The Kier molecular flexibility index (Phi) is 3.81. The van der Waals surface area contributed by atoms with E-state index in [1.165, 1.54) is 21.6 Å². The van der Waals surface area contributed by atoms with Crippen molar-refractivity contribution in [2.45, 2.75) is 6.92 Å². The summed E-state index contributed by atoms with van der Waals surface area (Å²) >= 11 is 3.13. The maximum absolute atomic E-state index is 12.7. The number of aryl methyl sites for hydroxylation is 1. The molecule has 1 amide bonds. The Bertz CT molecular complexity index is 1300. The first-order valence-electron chi connectivity index (χ1n) is 8.50. The third-order valence-corrected chi connectivity index (χ3v) is 6.46. The van der Waals surface area contributed by atoms with Crippen molar-refractivity contribution in [1.29, 1.82) is 0 Å². The number of aromatic amines is 1. The van der Waals surface area contributed by atoms with Gasteiger partial charge in [-0.3, -0.25) is 10.1 Å². The van der Waals surface area contributed by atoms with Gasteiger partial charge in [-0.2, -0.15) is 0 Å². The molecule has 0 aliphatic rings. The Labute approximate surface area is 163 Å². The molecule has 2 N–H and O–H groups in total. The van der Waals surface area contributed by atoms with Gasteiger partial charge < -0.3 is 4.98 Å². The highest BCUT2D eigenvalue weighted by molar-refractivity contribution is 7.17. The van der Waals surface area contributed by atoms with E-state index in [-0.39, 0.29) is 5.91 Å². The van der Waals surface area contributed by atoms with Crippen molar-refractivity contribution >= 4 is 54.7 Å². The minimum Gasteiger partial charge on any atom is -0.360 e. The molecule has 5 aromatic rings. The Hall–Kier alpha value is -2.96. The molecule has 0 saturated heterocycles. The quantitative estimate of drug-likeness (QED) is 0.394. The number of carbonyl (C=O) groups is 1. The van der Waals surface area contributed by atoms with Gasteiger partial charge in [0.25, 0.3) is 5.91 Å². The van der Waals surface area contributed by atoms with Crippen molar-refractivity contribution in [3.05, 3.63) is 70.5 Å². The lowest BCUT2D eigenvalue weighted by Gasteiger charge is -2.02. The molecule has 5 rings (SSSR count). The number of nitrogens with one attached hydrogen (secondary N) is 2. The number of para-hydroxylation sites is 1. The zero-order chi connectivity index (χ0) is 18.4. The Morgan fingerprint density at radius 3 is 2.89 bits per heavy atom. The van der Waals surface area contributed by atoms with Gasteiger partial charge in [-0.15, -0.1) is 22.7 Å². The number of amides is 1. The Morgan fingerprint density at radius 2 is 1.96 bits per heavy atom. The monoisotopic (exact) mass is 389 g/mol. The number of hydrogen-bond donors (Lipinski definition) is 2. The molecule has 2 aromatic carbocycles. The van der Waals surface area contributed by atoms with E-state index in [9.17, 15) is 4.79 Å². The van der Waals surface area contributed by atoms with Crippen LogP contribution in [0.4, 0.5) is 5.13 Å². The van der Waals surface area contributed by atoms with E-state index in [1.54, 1.807) is 11.3 Å². The number of anilines is 1. The van der Waals surface area contributed by atoms with Gasteiger partial charge in [0.05, 0.1) is 5.69 Å². The lowest BCUT2D eigenvalue weighted by Crippen LogP contribution is -2.11. The number of benzene rings is 2. The fraction of sp³-hybridized carbons (Fsp3) is 0.0476. The molecule has 0 aliphatic heterocycles. The molecule has 0 atom stereocenters. The van der Waals surface area contributed by atoms with Crippen molar-refractivity contribution in [2.75, 3.05) is 5.32 Å². The van der Waals surface area contributed by atoms with Gasteiger partial charge in [-0.05, 0) is 47.5 Å². The second-order valence-corrected chi connectivity index (χ2v) is 8.14. The number of aromatic nitrogens is 2. The summed E-state index contributed by atoms with van der Waals surface area (Å²) in [6.07, 6.45) is 1.96. The van der Waals surface area contributed by atoms with Crippen LogP contribution < -0.4 is 5.32 Å². The van der Waals surface area contributed by atoms with Crippen LogP contribution in [0.25, 0.3) is 32.2 Å². The summed E-state index contributed by atoms with van der Waals surface area (Å²) in [6, 6.07) is 13.9. The number of hydrogen-bond acceptors (Lipinski definition) is 4. The van der Waals surface area contributed by atoms with Crippen molar-refractivity contribution < 1.29 is 4.79 Å². The van der Waals surface area contributed by atoms with E-state index >= 15 is 0 Å². The number of thiazole rings is 1. The van der Waals surface area contributed by atoms with Gasteiger partial charge in [0.1, 0.15) is 0 Å². The zero-order valence-corrected chi connectivity index (χ0v) is 16.1. The van der Waals surface area contributed by atoms with E-state index in [0.717, 1.165) is 27.5 Å². The topological polar surface area (TPSA) is 57.8 Å². The van der Waals surface area contributed by atoms with Gasteiger partial charge in [0.2, 0.25) is 0 Å². The summed E-state index contributed by atoms with van der Waals surface area (Å²) in [4.78, 5) is 20.5. The van der Waals surface area contributed by atoms with Crippen LogP contribution in [0, 0.1) is 6.92 Å². The first kappa shape index (κ1) is 16.2. The van der Waals surface area contributed by atoms with Gasteiger partial charge in [-0.25, -0.2) is 4.98 Å². The zero-order valence-electron chi connectivity index (χ0n) is 14.4. The molecular formula is C21H15N3OS2. The molecule has 0 unspecified atom stereocenters. The predicted molar refractivity (Wildman–Crippen MR) is 114 cm³/mol. The molecule has 6 heteroatoms. The highest BCUT2D eigenvalue weighted by Gasteiger charge is 2.13. The molecule has 3 heterocycles. The average Bonchev–Trinajstić information content (AvgIpc) is 3.40. The molecule has 0 aliphatic carbocycles. The van der Waals surface area contributed by atoms with Crippen LogP contribution in [0.3, 0.4) is 0 Å². The lowest BCUT2D eigenvalue weighted by atomic mass is 10.1. The summed E-state index contributed by atoms with van der Waals surface area (Å²) in [5.74, 6) is -0.137. The van der Waals surface area contributed by atoms with Crippen molar-refractivity contribution in [1.82, 2.24) is 9.97 Å². The summed E-state index contributed by atoms with van der Waals surface area (Å²) in [5.41, 5.74) is 4.81. The second kappa shape index (κ2) is 6.33. The summed E-state index contributed by atoms with van der Waals surface area (Å²) < 4.78 is 1.19. The Morgan fingerprint density at radius 1 is 1.07 bits per heavy atom.